The summed E-state index contributed by atoms with van der Waals surface area (Å²) in [6.07, 6.45) is 1.66. The molecule has 0 spiro atoms. The highest BCUT2D eigenvalue weighted by molar-refractivity contribution is 7.53. The molecule has 2 N–H and O–H groups in total. The van der Waals surface area contributed by atoms with Crippen LogP contribution in [-0.2, 0) is 18.3 Å². The van der Waals surface area contributed by atoms with E-state index in [9.17, 15) is 19.3 Å². The Balaban J connectivity index is 1.61. The third kappa shape index (κ3) is 3.52. The first-order valence-corrected chi connectivity index (χ1v) is 10.1. The van der Waals surface area contributed by atoms with E-state index in [-0.39, 0.29) is 31.5 Å². The first-order valence-electron chi connectivity index (χ1n) is 8.36. The van der Waals surface area contributed by atoms with Gasteiger partial charge in [0.1, 0.15) is 6.35 Å². The van der Waals surface area contributed by atoms with Gasteiger partial charge >= 0.3 is 13.3 Å². The van der Waals surface area contributed by atoms with Crippen LogP contribution < -0.4 is 11.2 Å². The smallest absolute Gasteiger partial charge is 0.356 e. The van der Waals surface area contributed by atoms with E-state index in [1.807, 2.05) is 0 Å². The van der Waals surface area contributed by atoms with Gasteiger partial charge in [-0.25, -0.2) is 4.79 Å². The van der Waals surface area contributed by atoms with Gasteiger partial charge in [0.2, 0.25) is 0 Å². The van der Waals surface area contributed by atoms with Gasteiger partial charge in [-0.15, -0.1) is 0 Å². The normalized spacial score (nSPS) is 31.1. The van der Waals surface area contributed by atoms with E-state index in [2.05, 4.69) is 4.98 Å². The van der Waals surface area contributed by atoms with Crippen molar-refractivity contribution in [3.05, 3.63) is 33.1 Å². The molecule has 4 unspecified atom stereocenters. The number of fused-ring (bicyclic) bond motifs is 1. The molecule has 2 fully saturated rings. The first kappa shape index (κ1) is 18.5. The minimum Gasteiger partial charge on any atom is -0.387 e. The molecule has 0 amide bonds. The van der Waals surface area contributed by atoms with E-state index >= 15 is 0 Å². The molecule has 4 atom stereocenters. The summed E-state index contributed by atoms with van der Waals surface area (Å²) >= 11 is 0. The van der Waals surface area contributed by atoms with Crippen molar-refractivity contribution in [3.63, 3.8) is 0 Å². The zero-order chi connectivity index (χ0) is 18.2. The summed E-state index contributed by atoms with van der Waals surface area (Å²) in [6.45, 7) is 3.93. The summed E-state index contributed by atoms with van der Waals surface area (Å²) in [5, 5.41) is 10.7. The van der Waals surface area contributed by atoms with Crippen LogP contribution in [0.25, 0.3) is 0 Å². The molecule has 0 saturated heterocycles. The Labute approximate surface area is 144 Å². The highest BCUT2D eigenvalue weighted by atomic mass is 31.2. The van der Waals surface area contributed by atoms with Crippen LogP contribution in [-0.4, -0.2) is 45.9 Å². The molecule has 2 saturated carbocycles. The molecule has 0 aromatic carbocycles. The van der Waals surface area contributed by atoms with Crippen molar-refractivity contribution in [1.29, 1.82) is 0 Å². The lowest BCUT2D eigenvalue weighted by Crippen LogP contribution is -2.32. The van der Waals surface area contributed by atoms with E-state index in [1.165, 1.54) is 16.8 Å². The fraction of sp³-hybridized carbons (Fsp3) is 0.733. The van der Waals surface area contributed by atoms with Crippen molar-refractivity contribution in [1.82, 2.24) is 9.55 Å². The van der Waals surface area contributed by atoms with E-state index in [1.54, 1.807) is 13.8 Å². The molecule has 0 aliphatic heterocycles. The van der Waals surface area contributed by atoms with Gasteiger partial charge in [0, 0.05) is 24.2 Å². The lowest BCUT2D eigenvalue weighted by atomic mass is 10.1. The summed E-state index contributed by atoms with van der Waals surface area (Å²) < 4.78 is 29.8. The maximum Gasteiger partial charge on any atom is 0.356 e. The van der Waals surface area contributed by atoms with Gasteiger partial charge < -0.3 is 18.9 Å². The number of ether oxygens (including phenoxy) is 1. The molecule has 0 radical (unpaired) electrons. The first-order chi connectivity index (χ1) is 11.8. The molecular weight excluding hydrogens is 351 g/mol. The largest absolute Gasteiger partial charge is 0.387 e. The second kappa shape index (κ2) is 6.81. The second-order valence-corrected chi connectivity index (χ2v) is 8.37. The molecule has 25 heavy (non-hydrogen) atoms. The van der Waals surface area contributed by atoms with Crippen LogP contribution in [0.2, 0.25) is 0 Å². The highest BCUT2D eigenvalue weighted by Gasteiger charge is 2.70. The maximum absolute atomic E-state index is 12.4. The fourth-order valence-electron chi connectivity index (χ4n) is 3.68. The van der Waals surface area contributed by atoms with Crippen molar-refractivity contribution in [2.45, 2.75) is 44.4 Å². The van der Waals surface area contributed by atoms with Crippen LogP contribution >= 0.6 is 7.60 Å². The molecule has 3 rings (SSSR count). The van der Waals surface area contributed by atoms with Crippen LogP contribution in [0.15, 0.2) is 21.9 Å². The molecule has 140 valence electrons. The Morgan fingerprint density at radius 3 is 2.56 bits per heavy atom. The van der Waals surface area contributed by atoms with Crippen LogP contribution in [0.1, 0.15) is 32.7 Å². The van der Waals surface area contributed by atoms with Gasteiger partial charge in [0.05, 0.1) is 24.9 Å². The minimum atomic E-state index is -3.32. The number of aromatic amines is 1. The lowest BCUT2D eigenvalue weighted by Gasteiger charge is -2.21. The quantitative estimate of drug-likeness (QED) is 0.647. The Morgan fingerprint density at radius 1 is 1.36 bits per heavy atom. The van der Waals surface area contributed by atoms with Gasteiger partial charge in [-0.2, -0.15) is 0 Å². The predicted octanol–water partition coefficient (Wildman–Crippen LogP) is 0.841. The molecule has 1 aromatic heterocycles. The molecule has 10 heteroatoms. The molecule has 2 aliphatic carbocycles. The van der Waals surface area contributed by atoms with E-state index in [0.717, 1.165) is 0 Å². The van der Waals surface area contributed by atoms with Crippen LogP contribution in [0, 0.1) is 5.92 Å². The number of nitrogens with one attached hydrogen (secondary N) is 1. The monoisotopic (exact) mass is 374 g/mol. The molecule has 1 aromatic rings. The number of aromatic nitrogens is 2. The highest BCUT2D eigenvalue weighted by Crippen LogP contribution is 2.62. The Morgan fingerprint density at radius 2 is 2.04 bits per heavy atom. The molecule has 1 heterocycles. The van der Waals surface area contributed by atoms with Gasteiger partial charge in [-0.1, -0.05) is 0 Å². The molecule has 0 bridgehead atoms. The lowest BCUT2D eigenvalue weighted by molar-refractivity contribution is 0.0319. The summed E-state index contributed by atoms with van der Waals surface area (Å²) in [4.78, 5) is 25.2. The third-order valence-electron chi connectivity index (χ3n) is 4.79. The van der Waals surface area contributed by atoms with Crippen LogP contribution in [0.3, 0.4) is 0 Å². The summed E-state index contributed by atoms with van der Waals surface area (Å²) in [7, 11) is -3.32. The van der Waals surface area contributed by atoms with E-state index in [4.69, 9.17) is 13.8 Å². The average Bonchev–Trinajstić information content (AvgIpc) is 2.89. The third-order valence-corrected chi connectivity index (χ3v) is 6.56. The van der Waals surface area contributed by atoms with Crippen molar-refractivity contribution >= 4 is 7.60 Å². The number of aliphatic hydroxyl groups is 1. The van der Waals surface area contributed by atoms with Crippen LogP contribution in [0.4, 0.5) is 0 Å². The average molecular weight is 374 g/mol. The van der Waals surface area contributed by atoms with Crippen LogP contribution in [0.5, 0.6) is 0 Å². The van der Waals surface area contributed by atoms with Gasteiger partial charge in [0.15, 0.2) is 0 Å². The topological polar surface area (TPSA) is 120 Å². The van der Waals surface area contributed by atoms with Crippen molar-refractivity contribution in [2.24, 2.45) is 5.92 Å². The standard InChI is InChI=1S/C15H23N2O7P/c1-3-23-25(21,24-4-2)9-22-13-11-7-10(8-15(11,13)20)17-6-5-12(18)16-14(17)19/h5-6,10-11,13,20H,3-4,7-9H2,1-2H3,(H,16,18,19). The SMILES string of the molecule is CCOP(=O)(COC1C2CC(n3ccc(=O)[nH]c3=O)CC21O)OCC. The fourth-order valence-corrected chi connectivity index (χ4v) is 5.03. The zero-order valence-corrected chi connectivity index (χ0v) is 15.1. The number of rotatable bonds is 8. The number of H-pyrrole nitrogens is 1. The number of hydrogen-bond acceptors (Lipinski definition) is 7. The van der Waals surface area contributed by atoms with Crippen molar-refractivity contribution < 1.29 is 23.5 Å². The van der Waals surface area contributed by atoms with Crippen molar-refractivity contribution in [3.8, 4) is 0 Å². The summed E-state index contributed by atoms with van der Waals surface area (Å²) in [5.74, 6) is -0.145. The van der Waals surface area contributed by atoms with Crippen molar-refractivity contribution in [2.75, 3.05) is 19.6 Å². The summed E-state index contributed by atoms with van der Waals surface area (Å²) in [6, 6.07) is 1.08. The molecule has 2 aliphatic rings. The van der Waals surface area contributed by atoms with Gasteiger partial charge in [0.25, 0.3) is 5.56 Å². The summed E-state index contributed by atoms with van der Waals surface area (Å²) in [5.41, 5.74) is -1.99. The zero-order valence-electron chi connectivity index (χ0n) is 14.2. The maximum atomic E-state index is 12.4. The second-order valence-electron chi connectivity index (χ2n) is 6.37. The van der Waals surface area contributed by atoms with E-state index < -0.39 is 30.5 Å². The Kier molecular flexibility index (Phi) is 5.05. The van der Waals surface area contributed by atoms with E-state index in [0.29, 0.717) is 12.8 Å². The Bertz CT molecular complexity index is 781. The predicted molar refractivity (Wildman–Crippen MR) is 88.6 cm³/mol. The number of hydrogen-bond donors (Lipinski definition) is 2. The molecule has 9 nitrogen and oxygen atoms in total. The minimum absolute atomic E-state index is 0.145. The van der Waals surface area contributed by atoms with Gasteiger partial charge in [-0.05, 0) is 26.7 Å². The number of nitrogens with zero attached hydrogens (tertiary/aromatic N) is 1. The Hall–Kier alpha value is -1.25. The molecular formula is C15H23N2O7P. The van der Waals surface area contributed by atoms with Gasteiger partial charge in [-0.3, -0.25) is 18.9 Å².